The Morgan fingerprint density at radius 1 is 1.35 bits per heavy atom. The van der Waals surface area contributed by atoms with Gasteiger partial charge in [-0.25, -0.2) is 0 Å². The number of benzene rings is 1. The van der Waals surface area contributed by atoms with Crippen molar-refractivity contribution in [2.75, 3.05) is 27.2 Å². The van der Waals surface area contributed by atoms with Crippen LogP contribution in [-0.4, -0.2) is 43.3 Å². The number of aryl methyl sites for hydroxylation is 1. The molecule has 0 saturated carbocycles. The average molecular weight is 236 g/mol. The molecule has 0 bridgehead atoms. The van der Waals surface area contributed by atoms with E-state index in [2.05, 4.69) is 43.4 Å². The van der Waals surface area contributed by atoms with Crippen LogP contribution in [0.25, 0.3) is 0 Å². The molecule has 0 amide bonds. The van der Waals surface area contributed by atoms with Gasteiger partial charge in [0.05, 0.1) is 6.10 Å². The molecule has 3 heteroatoms. The normalized spacial score (nSPS) is 14.9. The third-order valence-electron chi connectivity index (χ3n) is 2.78. The summed E-state index contributed by atoms with van der Waals surface area (Å²) in [5.74, 6) is 0. The molecule has 0 aliphatic rings. The lowest BCUT2D eigenvalue weighted by atomic mass is 10.1. The molecule has 2 atom stereocenters. The molecule has 1 aromatic carbocycles. The van der Waals surface area contributed by atoms with E-state index in [4.69, 9.17) is 0 Å². The summed E-state index contributed by atoms with van der Waals surface area (Å²) in [4.78, 5) is 1.99. The van der Waals surface area contributed by atoms with E-state index in [1.807, 2.05) is 19.0 Å². The smallest absolute Gasteiger partial charge is 0.0791 e. The first-order chi connectivity index (χ1) is 7.99. The lowest BCUT2D eigenvalue weighted by molar-refractivity contribution is 0.132. The maximum absolute atomic E-state index is 9.77. The van der Waals surface area contributed by atoms with E-state index in [1.165, 1.54) is 11.1 Å². The number of hydrogen-bond acceptors (Lipinski definition) is 3. The van der Waals surface area contributed by atoms with Crippen LogP contribution in [0, 0.1) is 6.92 Å². The molecular formula is C14H24N2O. The summed E-state index contributed by atoms with van der Waals surface area (Å²) < 4.78 is 0. The molecule has 0 saturated heterocycles. The van der Waals surface area contributed by atoms with Crippen molar-refractivity contribution in [1.29, 1.82) is 0 Å². The molecule has 1 aromatic rings. The predicted octanol–water partition coefficient (Wildman–Crippen LogP) is 1.57. The highest BCUT2D eigenvalue weighted by atomic mass is 16.3. The van der Waals surface area contributed by atoms with Crippen molar-refractivity contribution in [1.82, 2.24) is 10.2 Å². The highest BCUT2D eigenvalue weighted by Gasteiger charge is 2.09. The minimum Gasteiger partial charge on any atom is -0.390 e. The average Bonchev–Trinajstić information content (AvgIpc) is 2.25. The molecule has 1 rings (SSSR count). The number of nitrogens with one attached hydrogen (secondary N) is 1. The minimum absolute atomic E-state index is 0.270. The van der Waals surface area contributed by atoms with Gasteiger partial charge >= 0.3 is 0 Å². The summed E-state index contributed by atoms with van der Waals surface area (Å²) in [5.41, 5.74) is 2.53. The van der Waals surface area contributed by atoms with Crippen LogP contribution in [0.5, 0.6) is 0 Å². The maximum Gasteiger partial charge on any atom is 0.0791 e. The third-order valence-corrected chi connectivity index (χ3v) is 2.78. The minimum atomic E-state index is -0.322. The molecule has 0 radical (unpaired) electrons. The molecule has 0 spiro atoms. The summed E-state index contributed by atoms with van der Waals surface area (Å²) in [5, 5.41) is 13.1. The number of nitrogens with zero attached hydrogens (tertiary/aromatic N) is 1. The largest absolute Gasteiger partial charge is 0.390 e. The number of likely N-dealkylation sites (N-methyl/N-ethyl adjacent to an activating group) is 1. The molecule has 0 heterocycles. The van der Waals surface area contributed by atoms with Gasteiger partial charge in [0, 0.05) is 19.1 Å². The third kappa shape index (κ3) is 5.31. The van der Waals surface area contributed by atoms with Crippen molar-refractivity contribution in [3.05, 3.63) is 35.4 Å². The van der Waals surface area contributed by atoms with Crippen LogP contribution in [0.2, 0.25) is 0 Å². The Bertz CT molecular complexity index is 339. The topological polar surface area (TPSA) is 35.5 Å². The molecule has 0 aliphatic heterocycles. The fraction of sp³-hybridized carbons (Fsp3) is 0.571. The fourth-order valence-corrected chi connectivity index (χ4v) is 1.86. The van der Waals surface area contributed by atoms with Gasteiger partial charge < -0.3 is 15.3 Å². The van der Waals surface area contributed by atoms with Crippen molar-refractivity contribution in [3.8, 4) is 0 Å². The highest BCUT2D eigenvalue weighted by molar-refractivity contribution is 5.24. The van der Waals surface area contributed by atoms with E-state index in [-0.39, 0.29) is 12.1 Å². The molecule has 0 unspecified atom stereocenters. The Morgan fingerprint density at radius 3 is 2.65 bits per heavy atom. The molecular weight excluding hydrogens is 212 g/mol. The van der Waals surface area contributed by atoms with Crippen LogP contribution in [-0.2, 0) is 0 Å². The van der Waals surface area contributed by atoms with Crippen LogP contribution in [0.4, 0.5) is 0 Å². The number of aliphatic hydroxyl groups is 1. The summed E-state index contributed by atoms with van der Waals surface area (Å²) in [6, 6.07) is 8.72. The van der Waals surface area contributed by atoms with Crippen LogP contribution >= 0.6 is 0 Å². The van der Waals surface area contributed by atoms with E-state index >= 15 is 0 Å². The SMILES string of the molecule is Cc1cccc([C@@H](C)NC[C@@H](O)CN(C)C)c1. The second kappa shape index (κ2) is 6.74. The second-order valence-electron chi connectivity index (χ2n) is 4.96. The number of aliphatic hydroxyl groups excluding tert-OH is 1. The van der Waals surface area contributed by atoms with Gasteiger partial charge in [0.1, 0.15) is 0 Å². The predicted molar refractivity (Wildman–Crippen MR) is 72.2 cm³/mol. The molecule has 17 heavy (non-hydrogen) atoms. The first-order valence-corrected chi connectivity index (χ1v) is 6.11. The molecule has 3 nitrogen and oxygen atoms in total. The van der Waals surface area contributed by atoms with Crippen molar-refractivity contribution >= 4 is 0 Å². The van der Waals surface area contributed by atoms with Gasteiger partial charge in [-0.15, -0.1) is 0 Å². The summed E-state index contributed by atoms with van der Waals surface area (Å²) in [6.07, 6.45) is -0.322. The highest BCUT2D eigenvalue weighted by Crippen LogP contribution is 2.13. The van der Waals surface area contributed by atoms with Gasteiger partial charge in [-0.3, -0.25) is 0 Å². The molecule has 96 valence electrons. The molecule has 0 fully saturated rings. The summed E-state index contributed by atoms with van der Waals surface area (Å²) >= 11 is 0. The van der Waals surface area contributed by atoms with E-state index in [1.54, 1.807) is 0 Å². The molecule has 0 aromatic heterocycles. The lowest BCUT2D eigenvalue weighted by Crippen LogP contribution is -2.36. The van der Waals surface area contributed by atoms with Gasteiger partial charge in [-0.05, 0) is 33.5 Å². The Hall–Kier alpha value is -0.900. The van der Waals surface area contributed by atoms with Crippen LogP contribution in [0.15, 0.2) is 24.3 Å². The van der Waals surface area contributed by atoms with Gasteiger partial charge in [0.15, 0.2) is 0 Å². The fourth-order valence-electron chi connectivity index (χ4n) is 1.86. The Balaban J connectivity index is 2.42. The van der Waals surface area contributed by atoms with Crippen LogP contribution in [0.1, 0.15) is 24.1 Å². The lowest BCUT2D eigenvalue weighted by Gasteiger charge is -2.20. The Kier molecular flexibility index (Phi) is 5.62. The number of rotatable bonds is 6. The van der Waals surface area contributed by atoms with E-state index in [0.29, 0.717) is 13.1 Å². The Labute approximate surface area is 104 Å². The van der Waals surface area contributed by atoms with Crippen molar-refractivity contribution in [2.45, 2.75) is 26.0 Å². The molecule has 0 aliphatic carbocycles. The molecule has 2 N–H and O–H groups in total. The van der Waals surface area contributed by atoms with Crippen molar-refractivity contribution < 1.29 is 5.11 Å². The first kappa shape index (κ1) is 14.2. The second-order valence-corrected chi connectivity index (χ2v) is 4.96. The zero-order valence-electron chi connectivity index (χ0n) is 11.3. The van der Waals surface area contributed by atoms with Crippen molar-refractivity contribution in [2.24, 2.45) is 0 Å². The quantitative estimate of drug-likeness (QED) is 0.787. The Morgan fingerprint density at radius 2 is 2.06 bits per heavy atom. The van der Waals surface area contributed by atoms with Gasteiger partial charge in [0.2, 0.25) is 0 Å². The monoisotopic (exact) mass is 236 g/mol. The number of hydrogen-bond donors (Lipinski definition) is 2. The maximum atomic E-state index is 9.77. The van der Waals surface area contributed by atoms with E-state index < -0.39 is 0 Å². The van der Waals surface area contributed by atoms with Gasteiger partial charge in [-0.1, -0.05) is 29.8 Å². The zero-order chi connectivity index (χ0) is 12.8. The van der Waals surface area contributed by atoms with Gasteiger partial charge in [-0.2, -0.15) is 0 Å². The summed E-state index contributed by atoms with van der Waals surface area (Å²) in [7, 11) is 3.93. The van der Waals surface area contributed by atoms with E-state index in [9.17, 15) is 5.11 Å². The van der Waals surface area contributed by atoms with Gasteiger partial charge in [0.25, 0.3) is 0 Å². The van der Waals surface area contributed by atoms with Crippen LogP contribution < -0.4 is 5.32 Å². The zero-order valence-corrected chi connectivity index (χ0v) is 11.3. The standard InChI is InChI=1S/C14H24N2O/c1-11-6-5-7-13(8-11)12(2)15-9-14(17)10-16(3)4/h5-8,12,14-15,17H,9-10H2,1-4H3/t12-,14-/m1/s1. The van der Waals surface area contributed by atoms with Crippen LogP contribution in [0.3, 0.4) is 0 Å². The van der Waals surface area contributed by atoms with E-state index in [0.717, 1.165) is 0 Å². The van der Waals surface area contributed by atoms with Crippen molar-refractivity contribution in [3.63, 3.8) is 0 Å². The first-order valence-electron chi connectivity index (χ1n) is 6.11. The summed E-state index contributed by atoms with van der Waals surface area (Å²) in [6.45, 7) is 5.52.